The normalized spacial score (nSPS) is 25.9. The minimum atomic E-state index is -4.03. The van der Waals surface area contributed by atoms with Crippen LogP contribution in [0.1, 0.15) is 19.8 Å². The fourth-order valence-corrected chi connectivity index (χ4v) is 3.91. The third-order valence-corrected chi connectivity index (χ3v) is 5.77. The van der Waals surface area contributed by atoms with Gasteiger partial charge in [0, 0.05) is 0 Å². The van der Waals surface area contributed by atoms with Crippen molar-refractivity contribution in [3.63, 3.8) is 0 Å². The molecule has 0 aliphatic carbocycles. The van der Waals surface area contributed by atoms with Gasteiger partial charge in [0.1, 0.15) is 9.84 Å². The van der Waals surface area contributed by atoms with E-state index in [1.807, 2.05) is 0 Å². The second-order valence-electron chi connectivity index (χ2n) is 3.71. The van der Waals surface area contributed by atoms with Crippen LogP contribution in [0.5, 0.6) is 0 Å². The molecule has 7 heteroatoms. The molecule has 14 heavy (non-hydrogen) atoms. The molecule has 0 aromatic rings. The number of hydrogen-bond donors (Lipinski definition) is 1. The summed E-state index contributed by atoms with van der Waals surface area (Å²) in [4.78, 5) is 0. The Morgan fingerprint density at radius 2 is 1.71 bits per heavy atom. The van der Waals surface area contributed by atoms with Crippen molar-refractivity contribution in [3.8, 4) is 0 Å². The average molecular weight is 242 g/mol. The van der Waals surface area contributed by atoms with Crippen molar-refractivity contribution < 1.29 is 21.4 Å². The van der Waals surface area contributed by atoms with E-state index in [0.29, 0.717) is 12.8 Å². The van der Waals surface area contributed by atoms with E-state index >= 15 is 0 Å². The van der Waals surface area contributed by atoms with Crippen molar-refractivity contribution in [2.75, 3.05) is 11.5 Å². The first kappa shape index (κ1) is 11.9. The van der Waals surface area contributed by atoms with Crippen LogP contribution in [0.15, 0.2) is 0 Å². The summed E-state index contributed by atoms with van der Waals surface area (Å²) in [5, 5.41) is -0.863. The Balaban J connectivity index is 2.68. The maximum absolute atomic E-state index is 11.1. The smallest absolute Gasteiger partial charge is 0.267 e. The van der Waals surface area contributed by atoms with E-state index < -0.39 is 25.2 Å². The van der Waals surface area contributed by atoms with Crippen molar-refractivity contribution in [3.05, 3.63) is 0 Å². The Kier molecular flexibility index (Phi) is 3.23. The number of rotatable bonds is 2. The van der Waals surface area contributed by atoms with Crippen molar-refractivity contribution >= 4 is 20.0 Å². The van der Waals surface area contributed by atoms with Crippen molar-refractivity contribution in [1.29, 1.82) is 0 Å². The zero-order chi connectivity index (χ0) is 11.0. The van der Waals surface area contributed by atoms with Gasteiger partial charge in [-0.1, -0.05) is 0 Å². The summed E-state index contributed by atoms with van der Waals surface area (Å²) >= 11 is 0. The molecule has 0 aromatic carbocycles. The predicted octanol–water partition coefficient (Wildman–Crippen LogP) is 0.0875. The van der Waals surface area contributed by atoms with E-state index in [2.05, 4.69) is 0 Å². The Morgan fingerprint density at radius 1 is 1.29 bits per heavy atom. The van der Waals surface area contributed by atoms with Crippen molar-refractivity contribution in [2.24, 2.45) is 5.92 Å². The standard InChI is InChI=1S/C7H14O5S2/c1-6(14(10,11)12)7-2-4-13(8,9)5-3-7/h6-7H,2-5H2,1H3,(H,10,11,12). The molecule has 1 aliphatic rings. The van der Waals surface area contributed by atoms with E-state index in [9.17, 15) is 16.8 Å². The van der Waals surface area contributed by atoms with Crippen molar-refractivity contribution in [1.82, 2.24) is 0 Å². The number of sulfone groups is 1. The topological polar surface area (TPSA) is 88.5 Å². The average Bonchev–Trinajstić information content (AvgIpc) is 2.01. The molecule has 0 radical (unpaired) electrons. The van der Waals surface area contributed by atoms with Gasteiger partial charge in [0.05, 0.1) is 16.8 Å². The van der Waals surface area contributed by atoms with Crippen LogP contribution in [0.25, 0.3) is 0 Å². The first-order valence-electron chi connectivity index (χ1n) is 4.39. The highest BCUT2D eigenvalue weighted by Gasteiger charge is 2.32. The molecular formula is C7H14O5S2. The van der Waals surface area contributed by atoms with Gasteiger partial charge in [-0.05, 0) is 25.7 Å². The van der Waals surface area contributed by atoms with Crippen LogP contribution in [-0.2, 0) is 20.0 Å². The molecule has 0 amide bonds. The van der Waals surface area contributed by atoms with E-state index in [0.717, 1.165) is 0 Å². The molecule has 1 aliphatic heterocycles. The van der Waals surface area contributed by atoms with Gasteiger partial charge >= 0.3 is 0 Å². The second-order valence-corrected chi connectivity index (χ2v) is 7.79. The lowest BCUT2D eigenvalue weighted by atomic mass is 10.00. The van der Waals surface area contributed by atoms with Crippen LogP contribution < -0.4 is 0 Å². The monoisotopic (exact) mass is 242 g/mol. The maximum Gasteiger partial charge on any atom is 0.267 e. The van der Waals surface area contributed by atoms with Crippen LogP contribution >= 0.6 is 0 Å². The van der Waals surface area contributed by atoms with E-state index in [1.54, 1.807) is 0 Å². The predicted molar refractivity (Wildman–Crippen MR) is 52.4 cm³/mol. The fourth-order valence-electron chi connectivity index (χ4n) is 1.62. The van der Waals surface area contributed by atoms with Gasteiger partial charge in [0.15, 0.2) is 0 Å². The molecule has 84 valence electrons. The Labute approximate surface area is 84.2 Å². The molecular weight excluding hydrogens is 228 g/mol. The quantitative estimate of drug-likeness (QED) is 0.693. The summed E-state index contributed by atoms with van der Waals surface area (Å²) in [6.45, 7) is 1.41. The van der Waals surface area contributed by atoms with Crippen LogP contribution in [0, 0.1) is 5.92 Å². The molecule has 0 saturated carbocycles. The molecule has 1 atom stereocenters. The van der Waals surface area contributed by atoms with Gasteiger partial charge < -0.3 is 0 Å². The molecule has 1 unspecified atom stereocenters. The number of hydrogen-bond acceptors (Lipinski definition) is 4. The van der Waals surface area contributed by atoms with Gasteiger partial charge in [-0.25, -0.2) is 8.42 Å². The Morgan fingerprint density at radius 3 is 2.07 bits per heavy atom. The molecule has 1 heterocycles. The van der Waals surface area contributed by atoms with Crippen LogP contribution in [0.3, 0.4) is 0 Å². The minimum absolute atomic E-state index is 0.0253. The minimum Gasteiger partial charge on any atom is -0.285 e. The lowest BCUT2D eigenvalue weighted by Gasteiger charge is -2.25. The molecule has 1 rings (SSSR count). The zero-order valence-corrected chi connectivity index (χ0v) is 9.51. The van der Waals surface area contributed by atoms with Crippen molar-refractivity contribution in [2.45, 2.75) is 25.0 Å². The Hall–Kier alpha value is -0.140. The summed E-state index contributed by atoms with van der Waals surface area (Å²) in [6.07, 6.45) is 0.645. The maximum atomic E-state index is 11.1. The zero-order valence-electron chi connectivity index (χ0n) is 7.88. The highest BCUT2D eigenvalue weighted by Crippen LogP contribution is 2.25. The van der Waals surface area contributed by atoms with Gasteiger partial charge in [-0.15, -0.1) is 0 Å². The molecule has 0 bridgehead atoms. The fraction of sp³-hybridized carbons (Fsp3) is 1.00. The van der Waals surface area contributed by atoms with Gasteiger partial charge in [0.25, 0.3) is 10.1 Å². The summed E-state index contributed by atoms with van der Waals surface area (Å²) in [5.74, 6) is -0.191. The molecule has 0 spiro atoms. The third kappa shape index (κ3) is 2.93. The summed E-state index contributed by atoms with van der Waals surface area (Å²) < 4.78 is 52.5. The van der Waals surface area contributed by atoms with E-state index in [1.165, 1.54) is 6.92 Å². The first-order valence-corrected chi connectivity index (χ1v) is 7.71. The summed E-state index contributed by atoms with van der Waals surface area (Å²) in [5.41, 5.74) is 0. The largest absolute Gasteiger partial charge is 0.285 e. The van der Waals surface area contributed by atoms with Crippen LogP contribution in [0.2, 0.25) is 0 Å². The summed E-state index contributed by atoms with van der Waals surface area (Å²) in [7, 11) is -7.01. The highest BCUT2D eigenvalue weighted by molar-refractivity contribution is 7.91. The first-order chi connectivity index (χ1) is 6.22. The molecule has 0 aromatic heterocycles. The molecule has 1 fully saturated rings. The highest BCUT2D eigenvalue weighted by atomic mass is 32.2. The molecule has 5 nitrogen and oxygen atoms in total. The van der Waals surface area contributed by atoms with E-state index in [4.69, 9.17) is 4.55 Å². The Bertz CT molecular complexity index is 380. The van der Waals surface area contributed by atoms with Gasteiger partial charge in [-0.3, -0.25) is 4.55 Å². The lowest BCUT2D eigenvalue weighted by Crippen LogP contribution is -2.33. The van der Waals surface area contributed by atoms with Gasteiger partial charge in [0.2, 0.25) is 0 Å². The molecule has 1 N–H and O–H groups in total. The van der Waals surface area contributed by atoms with Crippen LogP contribution in [-0.4, -0.2) is 38.1 Å². The van der Waals surface area contributed by atoms with Gasteiger partial charge in [-0.2, -0.15) is 8.42 Å². The SMILES string of the molecule is CC(C1CCS(=O)(=O)CC1)S(=O)(=O)O. The van der Waals surface area contributed by atoms with E-state index in [-0.39, 0.29) is 17.4 Å². The second kappa shape index (κ2) is 3.79. The summed E-state index contributed by atoms with van der Waals surface area (Å²) in [6, 6.07) is 0. The molecule has 1 saturated heterocycles. The third-order valence-electron chi connectivity index (χ3n) is 2.73. The van der Waals surface area contributed by atoms with Crippen LogP contribution in [0.4, 0.5) is 0 Å². The lowest BCUT2D eigenvalue weighted by molar-refractivity contribution is 0.405.